The van der Waals surface area contributed by atoms with Gasteiger partial charge in [-0.3, -0.25) is 0 Å². The standard InChI is InChI=1S/C18H20/c1-2-6-12(7-3-1)17-14-10-13-15(14)11-18(17)9-5-4-8-16(13)18/h1-4,6-8,13-17H,5,9-11H2. The van der Waals surface area contributed by atoms with Gasteiger partial charge >= 0.3 is 0 Å². The maximum absolute atomic E-state index is 2.60. The van der Waals surface area contributed by atoms with Crippen molar-refractivity contribution in [2.24, 2.45) is 29.1 Å². The molecule has 18 heavy (non-hydrogen) atoms. The molecule has 0 aliphatic heterocycles. The zero-order chi connectivity index (χ0) is 11.7. The first kappa shape index (κ1) is 9.83. The number of benzene rings is 1. The summed E-state index contributed by atoms with van der Waals surface area (Å²) in [5, 5.41) is 0. The zero-order valence-electron chi connectivity index (χ0n) is 10.8. The molecule has 0 heteroatoms. The summed E-state index contributed by atoms with van der Waals surface area (Å²) in [6, 6.07) is 11.4. The van der Waals surface area contributed by atoms with Gasteiger partial charge < -0.3 is 0 Å². The van der Waals surface area contributed by atoms with E-state index in [1.54, 1.807) is 5.56 Å². The van der Waals surface area contributed by atoms with E-state index in [0.29, 0.717) is 5.41 Å². The van der Waals surface area contributed by atoms with E-state index in [0.717, 1.165) is 29.6 Å². The van der Waals surface area contributed by atoms with E-state index in [9.17, 15) is 0 Å². The van der Waals surface area contributed by atoms with Crippen molar-refractivity contribution in [1.82, 2.24) is 0 Å². The molecule has 1 aromatic rings. The molecule has 92 valence electrons. The van der Waals surface area contributed by atoms with Gasteiger partial charge in [0.1, 0.15) is 0 Å². The molecule has 5 rings (SSSR count). The molecule has 6 atom stereocenters. The van der Waals surface area contributed by atoms with Crippen molar-refractivity contribution < 1.29 is 0 Å². The Balaban J connectivity index is 1.66. The van der Waals surface area contributed by atoms with Crippen LogP contribution in [0.1, 0.15) is 37.2 Å². The molecule has 0 nitrogen and oxygen atoms in total. The molecular weight excluding hydrogens is 216 g/mol. The van der Waals surface area contributed by atoms with Gasteiger partial charge in [0.15, 0.2) is 0 Å². The fourth-order valence-electron chi connectivity index (χ4n) is 6.24. The molecule has 3 fully saturated rings. The van der Waals surface area contributed by atoms with Crippen LogP contribution in [0.4, 0.5) is 0 Å². The summed E-state index contributed by atoms with van der Waals surface area (Å²) in [6.45, 7) is 0. The second kappa shape index (κ2) is 3.10. The predicted molar refractivity (Wildman–Crippen MR) is 73.2 cm³/mol. The van der Waals surface area contributed by atoms with Crippen LogP contribution in [0.15, 0.2) is 42.5 Å². The van der Waals surface area contributed by atoms with Gasteiger partial charge in [-0.2, -0.15) is 0 Å². The van der Waals surface area contributed by atoms with Crippen molar-refractivity contribution in [3.8, 4) is 0 Å². The summed E-state index contributed by atoms with van der Waals surface area (Å²) in [5.41, 5.74) is 2.30. The highest BCUT2D eigenvalue weighted by Gasteiger charge is 2.71. The monoisotopic (exact) mass is 236 g/mol. The van der Waals surface area contributed by atoms with E-state index in [1.807, 2.05) is 0 Å². The average molecular weight is 236 g/mol. The Kier molecular flexibility index (Phi) is 1.69. The third-order valence-corrected chi connectivity index (χ3v) is 6.71. The Morgan fingerprint density at radius 1 is 1.00 bits per heavy atom. The summed E-state index contributed by atoms with van der Waals surface area (Å²) in [5.74, 6) is 4.96. The Hall–Kier alpha value is -1.04. The van der Waals surface area contributed by atoms with Crippen LogP contribution < -0.4 is 0 Å². The minimum atomic E-state index is 0.661. The van der Waals surface area contributed by atoms with Crippen molar-refractivity contribution in [3.05, 3.63) is 48.0 Å². The highest BCUT2D eigenvalue weighted by Crippen LogP contribution is 2.79. The van der Waals surface area contributed by atoms with Gasteiger partial charge in [0.05, 0.1) is 0 Å². The molecule has 0 heterocycles. The van der Waals surface area contributed by atoms with Crippen LogP contribution in [0, 0.1) is 29.1 Å². The SMILES string of the molecule is C1=CC2C3CC4C3CC2(CC1)C4c1ccccc1. The van der Waals surface area contributed by atoms with Crippen LogP contribution in [-0.2, 0) is 0 Å². The number of rotatable bonds is 1. The minimum Gasteiger partial charge on any atom is -0.0882 e. The largest absolute Gasteiger partial charge is 0.0882 e. The maximum Gasteiger partial charge on any atom is -0.00682 e. The molecule has 6 unspecified atom stereocenters. The normalized spacial score (nSPS) is 51.0. The van der Waals surface area contributed by atoms with Crippen LogP contribution in [0.5, 0.6) is 0 Å². The van der Waals surface area contributed by atoms with Crippen molar-refractivity contribution in [2.75, 3.05) is 0 Å². The smallest absolute Gasteiger partial charge is 0.00682 e. The van der Waals surface area contributed by atoms with E-state index in [2.05, 4.69) is 42.5 Å². The maximum atomic E-state index is 2.60. The van der Waals surface area contributed by atoms with Gasteiger partial charge in [0.25, 0.3) is 0 Å². The summed E-state index contributed by atoms with van der Waals surface area (Å²) in [6.07, 6.45) is 10.9. The Morgan fingerprint density at radius 2 is 1.89 bits per heavy atom. The molecule has 0 aromatic heterocycles. The molecular formula is C18H20. The molecule has 2 bridgehead atoms. The van der Waals surface area contributed by atoms with Gasteiger partial charge in [-0.25, -0.2) is 0 Å². The fourth-order valence-corrected chi connectivity index (χ4v) is 6.24. The van der Waals surface area contributed by atoms with Gasteiger partial charge in [-0.1, -0.05) is 42.5 Å². The lowest BCUT2D eigenvalue weighted by molar-refractivity contribution is -0.0177. The van der Waals surface area contributed by atoms with E-state index in [4.69, 9.17) is 0 Å². The summed E-state index contributed by atoms with van der Waals surface area (Å²) < 4.78 is 0. The van der Waals surface area contributed by atoms with E-state index < -0.39 is 0 Å². The van der Waals surface area contributed by atoms with E-state index >= 15 is 0 Å². The van der Waals surface area contributed by atoms with Crippen molar-refractivity contribution >= 4 is 0 Å². The van der Waals surface area contributed by atoms with Gasteiger partial charge in [0, 0.05) is 0 Å². The fraction of sp³-hybridized carbons (Fsp3) is 0.556. The third-order valence-electron chi connectivity index (χ3n) is 6.71. The third kappa shape index (κ3) is 0.931. The number of allylic oxidation sites excluding steroid dienone is 2. The predicted octanol–water partition coefficient (Wildman–Crippen LogP) is 4.39. The van der Waals surface area contributed by atoms with Crippen LogP contribution in [0.25, 0.3) is 0 Å². The first-order chi connectivity index (χ1) is 8.90. The second-order valence-electron chi connectivity index (χ2n) is 7.05. The molecule has 0 radical (unpaired) electrons. The lowest BCUT2D eigenvalue weighted by atomic mass is 9.48. The number of fused-ring (bicyclic) bond motifs is 1. The van der Waals surface area contributed by atoms with Crippen molar-refractivity contribution in [1.29, 1.82) is 0 Å². The first-order valence-electron chi connectivity index (χ1n) is 7.62. The molecule has 4 aliphatic rings. The van der Waals surface area contributed by atoms with Crippen LogP contribution >= 0.6 is 0 Å². The lowest BCUT2D eigenvalue weighted by Gasteiger charge is -2.56. The highest BCUT2D eigenvalue weighted by molar-refractivity contribution is 5.35. The Bertz CT molecular complexity index is 514. The molecule has 1 spiro atoms. The average Bonchev–Trinajstić information content (AvgIpc) is 2.82. The van der Waals surface area contributed by atoms with Gasteiger partial charge in [-0.15, -0.1) is 0 Å². The number of hydrogen-bond donors (Lipinski definition) is 0. The molecule has 1 aromatic carbocycles. The topological polar surface area (TPSA) is 0 Å². The molecule has 0 N–H and O–H groups in total. The highest BCUT2D eigenvalue weighted by atomic mass is 14.7. The quantitative estimate of drug-likeness (QED) is 0.634. The molecule has 4 aliphatic carbocycles. The number of hydrogen-bond acceptors (Lipinski definition) is 0. The van der Waals surface area contributed by atoms with E-state index in [1.165, 1.54) is 25.7 Å². The van der Waals surface area contributed by atoms with Crippen LogP contribution in [-0.4, -0.2) is 0 Å². The summed E-state index contributed by atoms with van der Waals surface area (Å²) >= 11 is 0. The van der Waals surface area contributed by atoms with Crippen molar-refractivity contribution in [2.45, 2.75) is 31.6 Å². The van der Waals surface area contributed by atoms with Crippen LogP contribution in [0.3, 0.4) is 0 Å². The molecule has 0 saturated heterocycles. The molecule has 0 amide bonds. The summed E-state index contributed by atoms with van der Waals surface area (Å²) in [7, 11) is 0. The summed E-state index contributed by atoms with van der Waals surface area (Å²) in [4.78, 5) is 0. The Morgan fingerprint density at radius 3 is 2.78 bits per heavy atom. The second-order valence-corrected chi connectivity index (χ2v) is 7.05. The first-order valence-corrected chi connectivity index (χ1v) is 7.62. The zero-order valence-corrected chi connectivity index (χ0v) is 10.8. The minimum absolute atomic E-state index is 0.661. The van der Waals surface area contributed by atoms with Crippen LogP contribution in [0.2, 0.25) is 0 Å². The Labute approximate surface area is 109 Å². The van der Waals surface area contributed by atoms with E-state index in [-0.39, 0.29) is 0 Å². The van der Waals surface area contributed by atoms with Gasteiger partial charge in [0.2, 0.25) is 0 Å². The van der Waals surface area contributed by atoms with Crippen molar-refractivity contribution in [3.63, 3.8) is 0 Å². The molecule has 3 saturated carbocycles. The lowest BCUT2D eigenvalue weighted by Crippen LogP contribution is -2.49. The van der Waals surface area contributed by atoms with Gasteiger partial charge in [-0.05, 0) is 66.3 Å².